The van der Waals surface area contributed by atoms with E-state index in [0.717, 1.165) is 5.69 Å². The van der Waals surface area contributed by atoms with E-state index in [-0.39, 0.29) is 12.5 Å². The van der Waals surface area contributed by atoms with Gasteiger partial charge in [-0.15, -0.1) is 0 Å². The number of urea groups is 1. The topological polar surface area (TPSA) is 91.3 Å². The maximum absolute atomic E-state index is 11.4. The first kappa shape index (κ1) is 14.9. The maximum atomic E-state index is 11.4. The number of carboxylic acids is 1. The number of hydrogen-bond acceptors (Lipinski definition) is 3. The molecule has 0 aliphatic carbocycles. The van der Waals surface area contributed by atoms with Crippen molar-refractivity contribution in [2.45, 2.75) is 25.7 Å². The molecule has 104 valence electrons. The van der Waals surface area contributed by atoms with Crippen LogP contribution in [0.5, 0.6) is 0 Å². The van der Waals surface area contributed by atoms with E-state index in [2.05, 4.69) is 15.6 Å². The van der Waals surface area contributed by atoms with Crippen molar-refractivity contribution in [3.63, 3.8) is 0 Å². The van der Waals surface area contributed by atoms with E-state index in [9.17, 15) is 9.59 Å². The standard InChI is InChI=1S/C13H19N3O3/c17-12(18)6-2-4-9-15-13(19)16-10-7-11-5-1-3-8-14-11/h1,3,5,8H,2,4,6-7,9-10H2,(H,17,18)(H2,15,16,19). The molecule has 1 aromatic heterocycles. The van der Waals surface area contributed by atoms with Gasteiger partial charge in [0.05, 0.1) is 0 Å². The highest BCUT2D eigenvalue weighted by molar-refractivity contribution is 5.73. The summed E-state index contributed by atoms with van der Waals surface area (Å²) < 4.78 is 0. The minimum Gasteiger partial charge on any atom is -0.481 e. The summed E-state index contributed by atoms with van der Waals surface area (Å²) in [5.41, 5.74) is 0.934. The van der Waals surface area contributed by atoms with Crippen LogP contribution >= 0.6 is 0 Å². The van der Waals surface area contributed by atoms with Gasteiger partial charge in [0, 0.05) is 37.8 Å². The molecule has 0 saturated heterocycles. The Bertz CT molecular complexity index is 395. The molecule has 0 atom stereocenters. The van der Waals surface area contributed by atoms with Crippen molar-refractivity contribution in [2.24, 2.45) is 0 Å². The molecule has 1 rings (SSSR count). The van der Waals surface area contributed by atoms with Gasteiger partial charge in [-0.05, 0) is 25.0 Å². The predicted octanol–water partition coefficient (Wildman–Crippen LogP) is 1.18. The van der Waals surface area contributed by atoms with Crippen LogP contribution in [0.1, 0.15) is 25.0 Å². The lowest BCUT2D eigenvalue weighted by Gasteiger charge is -2.06. The molecule has 6 nitrogen and oxygen atoms in total. The molecule has 0 radical (unpaired) electrons. The van der Waals surface area contributed by atoms with Gasteiger partial charge in [0.15, 0.2) is 0 Å². The number of carbonyl (C=O) groups excluding carboxylic acids is 1. The van der Waals surface area contributed by atoms with Crippen molar-refractivity contribution < 1.29 is 14.7 Å². The zero-order chi connectivity index (χ0) is 13.9. The highest BCUT2D eigenvalue weighted by Crippen LogP contribution is 1.94. The van der Waals surface area contributed by atoms with Gasteiger partial charge in [0.25, 0.3) is 0 Å². The fourth-order valence-corrected chi connectivity index (χ4v) is 1.52. The van der Waals surface area contributed by atoms with Crippen molar-refractivity contribution in [1.82, 2.24) is 15.6 Å². The summed E-state index contributed by atoms with van der Waals surface area (Å²) in [6.45, 7) is 1.01. The third kappa shape index (κ3) is 7.75. The molecule has 19 heavy (non-hydrogen) atoms. The minimum absolute atomic E-state index is 0.142. The Morgan fingerprint density at radius 1 is 1.16 bits per heavy atom. The molecule has 1 heterocycles. The Hall–Kier alpha value is -2.11. The quantitative estimate of drug-likeness (QED) is 0.615. The summed E-state index contributed by atoms with van der Waals surface area (Å²) >= 11 is 0. The number of pyridine rings is 1. The summed E-state index contributed by atoms with van der Waals surface area (Å²) in [6, 6.07) is 5.43. The van der Waals surface area contributed by atoms with Gasteiger partial charge >= 0.3 is 12.0 Å². The van der Waals surface area contributed by atoms with Gasteiger partial charge in [-0.2, -0.15) is 0 Å². The normalized spacial score (nSPS) is 9.89. The fourth-order valence-electron chi connectivity index (χ4n) is 1.52. The molecule has 1 aromatic rings. The number of amides is 2. The van der Waals surface area contributed by atoms with Crippen LogP contribution in [0, 0.1) is 0 Å². The van der Waals surface area contributed by atoms with E-state index in [1.54, 1.807) is 6.20 Å². The second kappa shape index (κ2) is 8.91. The van der Waals surface area contributed by atoms with Gasteiger partial charge in [-0.25, -0.2) is 4.79 Å². The lowest BCUT2D eigenvalue weighted by atomic mass is 10.2. The molecular weight excluding hydrogens is 246 g/mol. The van der Waals surface area contributed by atoms with Crippen molar-refractivity contribution in [2.75, 3.05) is 13.1 Å². The number of nitrogens with zero attached hydrogens (tertiary/aromatic N) is 1. The number of nitrogens with one attached hydrogen (secondary N) is 2. The molecule has 0 aliphatic rings. The maximum Gasteiger partial charge on any atom is 0.314 e. The molecule has 0 aromatic carbocycles. The number of hydrogen-bond donors (Lipinski definition) is 3. The monoisotopic (exact) mass is 265 g/mol. The van der Waals surface area contributed by atoms with Gasteiger partial charge in [-0.1, -0.05) is 6.07 Å². The van der Waals surface area contributed by atoms with E-state index in [1.165, 1.54) is 0 Å². The summed E-state index contributed by atoms with van der Waals surface area (Å²) in [5, 5.41) is 13.8. The molecule has 3 N–H and O–H groups in total. The van der Waals surface area contributed by atoms with Crippen LogP contribution in [0.2, 0.25) is 0 Å². The number of carboxylic acid groups (broad SMARTS) is 1. The Balaban J connectivity index is 2.01. The Labute approximate surface area is 112 Å². The number of rotatable bonds is 8. The molecule has 0 saturated carbocycles. The summed E-state index contributed by atoms with van der Waals surface area (Å²) in [4.78, 5) is 25.8. The van der Waals surface area contributed by atoms with E-state index in [4.69, 9.17) is 5.11 Å². The SMILES string of the molecule is O=C(O)CCCCNC(=O)NCCc1ccccn1. The van der Waals surface area contributed by atoms with Crippen LogP contribution in [0.4, 0.5) is 4.79 Å². The first-order chi connectivity index (χ1) is 9.18. The predicted molar refractivity (Wildman–Crippen MR) is 70.8 cm³/mol. The van der Waals surface area contributed by atoms with Crippen molar-refractivity contribution in [3.8, 4) is 0 Å². The van der Waals surface area contributed by atoms with E-state index in [0.29, 0.717) is 32.4 Å². The molecule has 0 spiro atoms. The molecule has 0 bridgehead atoms. The molecule has 0 unspecified atom stereocenters. The Kier molecular flexibility index (Phi) is 7.01. The smallest absolute Gasteiger partial charge is 0.314 e. The summed E-state index contributed by atoms with van der Waals surface area (Å²) in [5.74, 6) is -0.806. The Morgan fingerprint density at radius 3 is 2.63 bits per heavy atom. The molecule has 0 aliphatic heterocycles. The van der Waals surface area contributed by atoms with Crippen molar-refractivity contribution in [3.05, 3.63) is 30.1 Å². The molecule has 0 fully saturated rings. The molecular formula is C13H19N3O3. The van der Waals surface area contributed by atoms with Crippen molar-refractivity contribution >= 4 is 12.0 Å². The van der Waals surface area contributed by atoms with Gasteiger partial charge < -0.3 is 15.7 Å². The molecule has 2 amide bonds. The van der Waals surface area contributed by atoms with Crippen LogP contribution in [0.15, 0.2) is 24.4 Å². The first-order valence-corrected chi connectivity index (χ1v) is 6.32. The highest BCUT2D eigenvalue weighted by Gasteiger charge is 2.00. The number of aromatic nitrogens is 1. The highest BCUT2D eigenvalue weighted by atomic mass is 16.4. The van der Waals surface area contributed by atoms with Gasteiger partial charge in [0.2, 0.25) is 0 Å². The fraction of sp³-hybridized carbons (Fsp3) is 0.462. The van der Waals surface area contributed by atoms with Crippen molar-refractivity contribution in [1.29, 1.82) is 0 Å². The summed E-state index contributed by atoms with van der Waals surface area (Å²) in [7, 11) is 0. The number of unbranched alkanes of at least 4 members (excludes halogenated alkanes) is 1. The number of aliphatic carboxylic acids is 1. The average Bonchev–Trinajstić information content (AvgIpc) is 2.39. The zero-order valence-electron chi connectivity index (χ0n) is 10.8. The average molecular weight is 265 g/mol. The second-order valence-electron chi connectivity index (χ2n) is 4.10. The van der Waals surface area contributed by atoms with E-state index >= 15 is 0 Å². The second-order valence-corrected chi connectivity index (χ2v) is 4.10. The zero-order valence-corrected chi connectivity index (χ0v) is 10.8. The lowest BCUT2D eigenvalue weighted by Crippen LogP contribution is -2.37. The van der Waals surface area contributed by atoms with Crippen LogP contribution < -0.4 is 10.6 Å². The summed E-state index contributed by atoms with van der Waals surface area (Å²) in [6.07, 6.45) is 3.79. The van der Waals surface area contributed by atoms with Crippen LogP contribution in [0.25, 0.3) is 0 Å². The minimum atomic E-state index is -0.806. The van der Waals surface area contributed by atoms with Gasteiger partial charge in [-0.3, -0.25) is 9.78 Å². The first-order valence-electron chi connectivity index (χ1n) is 6.32. The van der Waals surface area contributed by atoms with Crippen LogP contribution in [0.3, 0.4) is 0 Å². The number of carbonyl (C=O) groups is 2. The van der Waals surface area contributed by atoms with Crippen LogP contribution in [-0.4, -0.2) is 35.2 Å². The van der Waals surface area contributed by atoms with Gasteiger partial charge in [0.1, 0.15) is 0 Å². The largest absolute Gasteiger partial charge is 0.481 e. The molecule has 6 heteroatoms. The lowest BCUT2D eigenvalue weighted by molar-refractivity contribution is -0.137. The third-order valence-electron chi connectivity index (χ3n) is 2.50. The van der Waals surface area contributed by atoms with Crippen LogP contribution in [-0.2, 0) is 11.2 Å². The third-order valence-corrected chi connectivity index (χ3v) is 2.50. The van der Waals surface area contributed by atoms with E-state index in [1.807, 2.05) is 18.2 Å². The van der Waals surface area contributed by atoms with E-state index < -0.39 is 5.97 Å². The Morgan fingerprint density at radius 2 is 1.95 bits per heavy atom.